The van der Waals surface area contributed by atoms with E-state index >= 15 is 0 Å². The summed E-state index contributed by atoms with van der Waals surface area (Å²) in [6, 6.07) is 47.1. The van der Waals surface area contributed by atoms with Crippen LogP contribution in [-0.4, -0.2) is 9.97 Å². The van der Waals surface area contributed by atoms with Gasteiger partial charge in [0, 0.05) is 26.8 Å². The number of hydrogen-bond donors (Lipinski definition) is 0. The fraction of sp³-hybridized carbons (Fsp3) is 0.0455. The standard InChI is InChI=1S/C44H28N2OS/c1-3-12-27(13-4-1)30-17-11-18-31(26-30)33-23-24-35(42-39(33)38-32-19-8-7-14-28(32)22-25-36(38)47-42)44-45-40(29-15-5-2-6-16-29)43-41(46-44)34-20-9-10-21-37(34)48-43/h1-9,11-20,22-26H,10,21H2. The highest BCUT2D eigenvalue weighted by molar-refractivity contribution is 7.19. The fourth-order valence-corrected chi connectivity index (χ4v) is 8.53. The minimum Gasteiger partial charge on any atom is -0.455 e. The van der Waals surface area contributed by atoms with Crippen molar-refractivity contribution in [2.24, 2.45) is 0 Å². The van der Waals surface area contributed by atoms with Crippen LogP contribution in [0.15, 0.2) is 144 Å². The average molecular weight is 633 g/mol. The van der Waals surface area contributed by atoms with Crippen LogP contribution in [0.5, 0.6) is 0 Å². The van der Waals surface area contributed by atoms with E-state index in [0.29, 0.717) is 5.82 Å². The van der Waals surface area contributed by atoms with Crippen molar-refractivity contribution in [3.05, 3.63) is 150 Å². The van der Waals surface area contributed by atoms with Crippen LogP contribution in [0.3, 0.4) is 0 Å². The first-order valence-electron chi connectivity index (χ1n) is 16.4. The SMILES string of the molecule is C1=Cc2c(sc3c(-c4ccccc4)nc(-c4ccc(-c5cccc(-c6ccccc6)c5)c5c4oc4ccc6ccccc6c45)nc23)CC1. The third-order valence-electron chi connectivity index (χ3n) is 9.55. The van der Waals surface area contributed by atoms with Gasteiger partial charge in [-0.05, 0) is 64.1 Å². The zero-order valence-electron chi connectivity index (χ0n) is 26.0. The molecule has 48 heavy (non-hydrogen) atoms. The van der Waals surface area contributed by atoms with Crippen LogP contribution in [0, 0.1) is 0 Å². The fourth-order valence-electron chi connectivity index (χ4n) is 7.28. The maximum absolute atomic E-state index is 6.88. The third-order valence-corrected chi connectivity index (χ3v) is 10.8. The van der Waals surface area contributed by atoms with Crippen LogP contribution >= 0.6 is 11.3 Å². The van der Waals surface area contributed by atoms with E-state index in [9.17, 15) is 0 Å². The predicted octanol–water partition coefficient (Wildman–Crippen LogP) is 12.4. The number of thiophene rings is 1. The monoisotopic (exact) mass is 632 g/mol. The summed E-state index contributed by atoms with van der Waals surface area (Å²) < 4.78 is 8.02. The molecule has 0 saturated heterocycles. The lowest BCUT2D eigenvalue weighted by atomic mass is 9.93. The summed E-state index contributed by atoms with van der Waals surface area (Å²) in [5.41, 5.74) is 11.5. The number of fused-ring (bicyclic) bond motifs is 8. The molecule has 0 N–H and O–H groups in total. The molecule has 9 aromatic rings. The van der Waals surface area contributed by atoms with Crippen LogP contribution in [0.2, 0.25) is 0 Å². The second-order valence-corrected chi connectivity index (χ2v) is 13.5. The second-order valence-electron chi connectivity index (χ2n) is 12.4. The zero-order chi connectivity index (χ0) is 31.6. The maximum Gasteiger partial charge on any atom is 0.164 e. The van der Waals surface area contributed by atoms with Crippen molar-refractivity contribution in [3.8, 4) is 44.9 Å². The van der Waals surface area contributed by atoms with E-state index in [0.717, 1.165) is 72.9 Å². The van der Waals surface area contributed by atoms with Crippen molar-refractivity contribution in [2.45, 2.75) is 12.8 Å². The number of allylic oxidation sites excluding steroid dienone is 1. The number of nitrogens with zero attached hydrogens (tertiary/aromatic N) is 2. The quantitative estimate of drug-likeness (QED) is 0.194. The first kappa shape index (κ1) is 27.3. The molecule has 226 valence electrons. The molecule has 0 spiro atoms. The molecule has 0 radical (unpaired) electrons. The van der Waals surface area contributed by atoms with Crippen LogP contribution < -0.4 is 0 Å². The Bertz CT molecular complexity index is 2720. The van der Waals surface area contributed by atoms with Gasteiger partial charge in [-0.1, -0.05) is 127 Å². The number of benzene rings is 6. The molecule has 0 aliphatic heterocycles. The van der Waals surface area contributed by atoms with E-state index in [4.69, 9.17) is 14.4 Å². The molecule has 1 aliphatic rings. The molecular weight excluding hydrogens is 605 g/mol. The summed E-state index contributed by atoms with van der Waals surface area (Å²) in [5.74, 6) is 0.680. The molecule has 3 nitrogen and oxygen atoms in total. The lowest BCUT2D eigenvalue weighted by molar-refractivity contribution is 0.670. The van der Waals surface area contributed by atoms with Gasteiger partial charge < -0.3 is 4.42 Å². The van der Waals surface area contributed by atoms with Gasteiger partial charge >= 0.3 is 0 Å². The van der Waals surface area contributed by atoms with Crippen LogP contribution in [0.1, 0.15) is 16.9 Å². The Morgan fingerprint density at radius 1 is 0.604 bits per heavy atom. The largest absolute Gasteiger partial charge is 0.455 e. The van der Waals surface area contributed by atoms with Crippen molar-refractivity contribution < 1.29 is 4.42 Å². The van der Waals surface area contributed by atoms with E-state index in [1.165, 1.54) is 32.3 Å². The minimum atomic E-state index is 0.680. The molecule has 0 amide bonds. The van der Waals surface area contributed by atoms with Gasteiger partial charge in [0.2, 0.25) is 0 Å². The lowest BCUT2D eigenvalue weighted by Crippen LogP contribution is -1.96. The smallest absolute Gasteiger partial charge is 0.164 e. The van der Waals surface area contributed by atoms with Crippen molar-refractivity contribution in [1.29, 1.82) is 0 Å². The predicted molar refractivity (Wildman–Crippen MR) is 201 cm³/mol. The molecule has 4 heteroatoms. The Kier molecular flexibility index (Phi) is 6.18. The topological polar surface area (TPSA) is 38.9 Å². The van der Waals surface area contributed by atoms with Gasteiger partial charge in [-0.3, -0.25) is 0 Å². The van der Waals surface area contributed by atoms with Crippen LogP contribution in [0.25, 0.3) is 93.9 Å². The van der Waals surface area contributed by atoms with Crippen LogP contribution in [-0.2, 0) is 6.42 Å². The van der Waals surface area contributed by atoms with Crippen LogP contribution in [0.4, 0.5) is 0 Å². The lowest BCUT2D eigenvalue weighted by Gasteiger charge is -2.11. The first-order valence-corrected chi connectivity index (χ1v) is 17.2. The highest BCUT2D eigenvalue weighted by Crippen LogP contribution is 2.46. The molecule has 6 aromatic carbocycles. The molecule has 0 fully saturated rings. The highest BCUT2D eigenvalue weighted by atomic mass is 32.1. The van der Waals surface area contributed by atoms with Gasteiger partial charge in [-0.2, -0.15) is 0 Å². The maximum atomic E-state index is 6.88. The van der Waals surface area contributed by atoms with E-state index in [2.05, 4.69) is 146 Å². The number of rotatable bonds is 4. The molecule has 0 saturated carbocycles. The first-order chi connectivity index (χ1) is 23.8. The number of furan rings is 1. The van der Waals surface area contributed by atoms with Gasteiger partial charge in [-0.25, -0.2) is 9.97 Å². The Labute approximate surface area is 281 Å². The Morgan fingerprint density at radius 3 is 2.23 bits per heavy atom. The summed E-state index contributed by atoms with van der Waals surface area (Å²) in [7, 11) is 0. The van der Waals surface area contributed by atoms with E-state index < -0.39 is 0 Å². The van der Waals surface area contributed by atoms with Gasteiger partial charge in [0.25, 0.3) is 0 Å². The van der Waals surface area contributed by atoms with Crippen molar-refractivity contribution in [3.63, 3.8) is 0 Å². The van der Waals surface area contributed by atoms with Gasteiger partial charge in [0.1, 0.15) is 11.2 Å². The van der Waals surface area contributed by atoms with Crippen molar-refractivity contribution in [2.75, 3.05) is 0 Å². The minimum absolute atomic E-state index is 0.680. The van der Waals surface area contributed by atoms with Crippen molar-refractivity contribution in [1.82, 2.24) is 9.97 Å². The van der Waals surface area contributed by atoms with E-state index in [1.54, 1.807) is 0 Å². The van der Waals surface area contributed by atoms with Gasteiger partial charge in [-0.15, -0.1) is 11.3 Å². The molecule has 10 rings (SSSR count). The second kappa shape index (κ2) is 10.9. The van der Waals surface area contributed by atoms with E-state index in [-0.39, 0.29) is 0 Å². The molecule has 3 heterocycles. The molecule has 0 bridgehead atoms. The molecule has 0 atom stereocenters. The Morgan fingerprint density at radius 2 is 1.35 bits per heavy atom. The molecular formula is C44H28N2OS. The number of aryl methyl sites for hydroxylation is 1. The third kappa shape index (κ3) is 4.27. The number of hydrogen-bond acceptors (Lipinski definition) is 4. The Hall–Kier alpha value is -5.84. The van der Waals surface area contributed by atoms with Crippen molar-refractivity contribution >= 4 is 60.3 Å². The zero-order valence-corrected chi connectivity index (χ0v) is 26.8. The average Bonchev–Trinajstić information content (AvgIpc) is 3.74. The molecule has 0 unspecified atom stereocenters. The molecule has 3 aromatic heterocycles. The number of aromatic nitrogens is 2. The summed E-state index contributed by atoms with van der Waals surface area (Å²) in [5, 5.41) is 4.56. The van der Waals surface area contributed by atoms with Gasteiger partial charge in [0.15, 0.2) is 5.82 Å². The summed E-state index contributed by atoms with van der Waals surface area (Å²) in [6.07, 6.45) is 6.60. The Balaban J connectivity index is 1.29. The highest BCUT2D eigenvalue weighted by Gasteiger charge is 2.24. The summed E-state index contributed by atoms with van der Waals surface area (Å²) in [4.78, 5) is 12.1. The normalized spacial score (nSPS) is 12.8. The van der Waals surface area contributed by atoms with Gasteiger partial charge in [0.05, 0.1) is 21.5 Å². The molecule has 1 aliphatic carbocycles. The summed E-state index contributed by atoms with van der Waals surface area (Å²) in [6.45, 7) is 0. The summed E-state index contributed by atoms with van der Waals surface area (Å²) >= 11 is 1.83. The van der Waals surface area contributed by atoms with E-state index in [1.807, 2.05) is 11.3 Å².